The summed E-state index contributed by atoms with van der Waals surface area (Å²) in [6.07, 6.45) is 3.86. The summed E-state index contributed by atoms with van der Waals surface area (Å²) < 4.78 is 2.19. The highest BCUT2D eigenvalue weighted by molar-refractivity contribution is 7.08. The maximum atomic E-state index is 4.24. The number of rotatable bonds is 1. The Kier molecular flexibility index (Phi) is 1.85. The van der Waals surface area contributed by atoms with E-state index >= 15 is 0 Å². The van der Waals surface area contributed by atoms with Gasteiger partial charge in [0.2, 0.25) is 0 Å². The topological polar surface area (TPSA) is 29.9 Å². The van der Waals surface area contributed by atoms with Crippen molar-refractivity contribution in [2.75, 3.05) is 5.32 Å². The molecule has 2 aromatic rings. The quantitative estimate of drug-likeness (QED) is 0.799. The molecule has 0 fully saturated rings. The summed E-state index contributed by atoms with van der Waals surface area (Å²) in [5.74, 6) is 0.563. The zero-order valence-corrected chi connectivity index (χ0v) is 9.58. The molecule has 0 amide bonds. The summed E-state index contributed by atoms with van der Waals surface area (Å²) in [5.41, 5.74) is 3.71. The zero-order valence-electron chi connectivity index (χ0n) is 8.77. The maximum Gasteiger partial charge on any atom is 0.0995 e. The number of anilines is 1. The molecule has 3 heterocycles. The van der Waals surface area contributed by atoms with Crippen LogP contribution in [0.15, 0.2) is 23.3 Å². The van der Waals surface area contributed by atoms with Gasteiger partial charge in [0.15, 0.2) is 0 Å². The number of hydrogen-bond acceptors (Lipinski definition) is 3. The van der Waals surface area contributed by atoms with Crippen LogP contribution in [0.2, 0.25) is 0 Å². The Morgan fingerprint density at radius 3 is 3.13 bits per heavy atom. The number of thiophene rings is 1. The van der Waals surface area contributed by atoms with E-state index < -0.39 is 0 Å². The van der Waals surface area contributed by atoms with Crippen molar-refractivity contribution < 1.29 is 0 Å². The highest BCUT2D eigenvalue weighted by Gasteiger charge is 2.26. The number of nitrogens with zero attached hydrogens (tertiary/aromatic N) is 2. The van der Waals surface area contributed by atoms with Crippen LogP contribution in [0.25, 0.3) is 5.69 Å². The number of imidazole rings is 1. The van der Waals surface area contributed by atoms with Crippen LogP contribution in [0.4, 0.5) is 5.69 Å². The lowest BCUT2D eigenvalue weighted by atomic mass is 9.99. The van der Waals surface area contributed by atoms with Gasteiger partial charge >= 0.3 is 0 Å². The first-order valence-corrected chi connectivity index (χ1v) is 6.07. The molecule has 15 heavy (non-hydrogen) atoms. The van der Waals surface area contributed by atoms with Crippen molar-refractivity contribution in [1.82, 2.24) is 9.55 Å². The van der Waals surface area contributed by atoms with E-state index in [0.717, 1.165) is 0 Å². The largest absolute Gasteiger partial charge is 0.374 e. The Hall–Kier alpha value is -1.29. The summed E-state index contributed by atoms with van der Waals surface area (Å²) >= 11 is 1.73. The van der Waals surface area contributed by atoms with Gasteiger partial charge in [-0.1, -0.05) is 13.8 Å². The van der Waals surface area contributed by atoms with Crippen molar-refractivity contribution in [3.8, 4) is 5.69 Å². The molecule has 0 unspecified atom stereocenters. The van der Waals surface area contributed by atoms with E-state index in [-0.39, 0.29) is 0 Å². The van der Waals surface area contributed by atoms with Gasteiger partial charge in [-0.2, -0.15) is 0 Å². The third-order valence-electron chi connectivity index (χ3n) is 2.86. The second kappa shape index (κ2) is 3.10. The molecule has 2 aromatic heterocycles. The van der Waals surface area contributed by atoms with Crippen LogP contribution in [0.3, 0.4) is 0 Å². The zero-order chi connectivity index (χ0) is 10.4. The van der Waals surface area contributed by atoms with Crippen LogP contribution >= 0.6 is 11.3 Å². The first-order chi connectivity index (χ1) is 7.27. The van der Waals surface area contributed by atoms with Gasteiger partial charge in [0.1, 0.15) is 0 Å². The second-order valence-electron chi connectivity index (χ2n) is 4.23. The smallest absolute Gasteiger partial charge is 0.0995 e. The van der Waals surface area contributed by atoms with E-state index in [9.17, 15) is 0 Å². The molecular formula is C11H13N3S. The Labute approximate surface area is 92.8 Å². The molecule has 3 nitrogen and oxygen atoms in total. The molecule has 0 bridgehead atoms. The fourth-order valence-corrected chi connectivity index (χ4v) is 2.83. The molecule has 0 spiro atoms. The van der Waals surface area contributed by atoms with Gasteiger partial charge in [0.05, 0.1) is 35.6 Å². The molecule has 0 aliphatic carbocycles. The van der Waals surface area contributed by atoms with E-state index in [1.165, 1.54) is 17.1 Å². The van der Waals surface area contributed by atoms with Gasteiger partial charge in [-0.3, -0.25) is 4.57 Å². The van der Waals surface area contributed by atoms with Crippen molar-refractivity contribution in [3.63, 3.8) is 0 Å². The highest BCUT2D eigenvalue weighted by Crippen LogP contribution is 2.38. The van der Waals surface area contributed by atoms with Crippen molar-refractivity contribution in [2.24, 2.45) is 5.92 Å². The molecule has 0 saturated heterocycles. The minimum Gasteiger partial charge on any atom is -0.374 e. The summed E-state index contributed by atoms with van der Waals surface area (Å²) in [5, 5.41) is 7.89. The predicted molar refractivity (Wildman–Crippen MR) is 62.6 cm³/mol. The van der Waals surface area contributed by atoms with E-state index in [4.69, 9.17) is 0 Å². The van der Waals surface area contributed by atoms with Gasteiger partial charge < -0.3 is 5.32 Å². The van der Waals surface area contributed by atoms with E-state index in [1.807, 2.05) is 12.5 Å². The average Bonchev–Trinajstić information content (AvgIpc) is 2.83. The molecule has 4 heteroatoms. The predicted octanol–water partition coefficient (Wildman–Crippen LogP) is 3.06. The molecule has 0 aromatic carbocycles. The molecule has 0 saturated carbocycles. The van der Waals surface area contributed by atoms with Crippen molar-refractivity contribution in [3.05, 3.63) is 29.0 Å². The van der Waals surface area contributed by atoms with Gasteiger partial charge in [-0.25, -0.2) is 4.98 Å². The fraction of sp³-hybridized carbons (Fsp3) is 0.364. The molecule has 1 aliphatic heterocycles. The third kappa shape index (κ3) is 1.21. The van der Waals surface area contributed by atoms with E-state index in [0.29, 0.717) is 12.0 Å². The maximum absolute atomic E-state index is 4.24. The number of hydrogen-bond donors (Lipinski definition) is 1. The van der Waals surface area contributed by atoms with Crippen molar-refractivity contribution >= 4 is 17.0 Å². The second-order valence-corrected chi connectivity index (χ2v) is 4.97. The van der Waals surface area contributed by atoms with Gasteiger partial charge in [0, 0.05) is 10.8 Å². The van der Waals surface area contributed by atoms with Crippen LogP contribution < -0.4 is 5.32 Å². The number of nitrogens with one attached hydrogen (secondary N) is 1. The number of fused-ring (bicyclic) bond motifs is 3. The monoisotopic (exact) mass is 219 g/mol. The Bertz CT molecular complexity index is 483. The summed E-state index contributed by atoms with van der Waals surface area (Å²) in [4.78, 5) is 4.24. The van der Waals surface area contributed by atoms with Crippen LogP contribution in [-0.2, 0) is 0 Å². The first-order valence-electron chi connectivity index (χ1n) is 5.12. The summed E-state index contributed by atoms with van der Waals surface area (Å²) in [6, 6.07) is 0.370. The van der Waals surface area contributed by atoms with Gasteiger partial charge in [-0.05, 0) is 5.92 Å². The summed E-state index contributed by atoms with van der Waals surface area (Å²) in [7, 11) is 0. The lowest BCUT2D eigenvalue weighted by molar-refractivity contribution is 0.521. The molecule has 1 N–H and O–H groups in total. The molecule has 3 rings (SSSR count). The lowest BCUT2D eigenvalue weighted by Crippen LogP contribution is -2.23. The first kappa shape index (κ1) is 8.97. The SMILES string of the molecule is CC(C)[C@@H]1Nc2cscc2-n2cncc21. The van der Waals surface area contributed by atoms with Crippen LogP contribution in [0, 0.1) is 5.92 Å². The number of aromatic nitrogens is 2. The standard InChI is InChI=1S/C11H13N3S/c1-7(2)11-9-3-12-6-14(9)10-5-15-4-8(10)13-11/h3-7,11,13H,1-2H3/t11-/m0/s1. The highest BCUT2D eigenvalue weighted by atomic mass is 32.1. The van der Waals surface area contributed by atoms with E-state index in [2.05, 4.69) is 39.5 Å². The van der Waals surface area contributed by atoms with Crippen LogP contribution in [0.5, 0.6) is 0 Å². The van der Waals surface area contributed by atoms with Crippen LogP contribution in [-0.4, -0.2) is 9.55 Å². The molecule has 78 valence electrons. The molecular weight excluding hydrogens is 206 g/mol. The van der Waals surface area contributed by atoms with Crippen molar-refractivity contribution in [1.29, 1.82) is 0 Å². The molecule has 1 aliphatic rings. The Balaban J connectivity index is 2.18. The van der Waals surface area contributed by atoms with Crippen molar-refractivity contribution in [2.45, 2.75) is 19.9 Å². The molecule has 1 atom stereocenters. The van der Waals surface area contributed by atoms with E-state index in [1.54, 1.807) is 11.3 Å². The average molecular weight is 219 g/mol. The minimum absolute atomic E-state index is 0.370. The minimum atomic E-state index is 0.370. The molecule has 0 radical (unpaired) electrons. The van der Waals surface area contributed by atoms with Gasteiger partial charge in [-0.15, -0.1) is 11.3 Å². The normalized spacial score (nSPS) is 18.5. The lowest BCUT2D eigenvalue weighted by Gasteiger charge is -2.29. The van der Waals surface area contributed by atoms with Gasteiger partial charge in [0.25, 0.3) is 0 Å². The Morgan fingerprint density at radius 1 is 1.47 bits per heavy atom. The van der Waals surface area contributed by atoms with Crippen LogP contribution in [0.1, 0.15) is 25.6 Å². The summed E-state index contributed by atoms with van der Waals surface area (Å²) in [6.45, 7) is 4.46. The third-order valence-corrected chi connectivity index (χ3v) is 3.60. The Morgan fingerprint density at radius 2 is 2.33 bits per heavy atom. The fourth-order valence-electron chi connectivity index (χ4n) is 2.07.